The third-order valence-electron chi connectivity index (χ3n) is 9.72. The summed E-state index contributed by atoms with van der Waals surface area (Å²) in [6, 6.07) is 15.8. The monoisotopic (exact) mass is 619 g/mol. The van der Waals surface area contributed by atoms with E-state index in [2.05, 4.69) is 13.2 Å². The SMILES string of the molecule is C=CCN(Cc1ccccc1)C(=O)[C@H]1[C@H]2C(=O)N(CCCCO)C(C(=O)N(CC=C)c3ccc(Cl)cc3)C23CC(C)[C@]1(C)O3. The molecule has 8 nitrogen and oxygen atoms in total. The second kappa shape index (κ2) is 12.9. The Kier molecular flexibility index (Phi) is 9.35. The second-order valence-corrected chi connectivity index (χ2v) is 12.8. The van der Waals surface area contributed by atoms with Crippen molar-refractivity contribution in [3.63, 3.8) is 0 Å². The average molecular weight is 620 g/mol. The quantitative estimate of drug-likeness (QED) is 0.256. The van der Waals surface area contributed by atoms with E-state index in [9.17, 15) is 19.5 Å². The molecule has 3 fully saturated rings. The van der Waals surface area contributed by atoms with Gasteiger partial charge in [0, 0.05) is 43.5 Å². The summed E-state index contributed by atoms with van der Waals surface area (Å²) < 4.78 is 6.94. The van der Waals surface area contributed by atoms with Crippen molar-refractivity contribution in [1.29, 1.82) is 0 Å². The van der Waals surface area contributed by atoms with Gasteiger partial charge in [-0.05, 0) is 61.9 Å². The fourth-order valence-corrected chi connectivity index (χ4v) is 7.76. The van der Waals surface area contributed by atoms with Gasteiger partial charge in [-0.15, -0.1) is 13.2 Å². The summed E-state index contributed by atoms with van der Waals surface area (Å²) in [6.45, 7) is 12.9. The van der Waals surface area contributed by atoms with Crippen molar-refractivity contribution >= 4 is 35.0 Å². The topological polar surface area (TPSA) is 90.4 Å². The molecule has 2 aromatic carbocycles. The van der Waals surface area contributed by atoms with Gasteiger partial charge in [0.15, 0.2) is 0 Å². The van der Waals surface area contributed by atoms with E-state index in [4.69, 9.17) is 16.3 Å². The van der Waals surface area contributed by atoms with Crippen molar-refractivity contribution < 1.29 is 24.2 Å². The number of unbranched alkanes of at least 4 members (excludes halogenated alkanes) is 1. The van der Waals surface area contributed by atoms with Gasteiger partial charge in [0.25, 0.3) is 5.91 Å². The number of carbonyl (C=O) groups excluding carboxylic acids is 3. The number of nitrogens with zero attached hydrogens (tertiary/aromatic N) is 3. The van der Waals surface area contributed by atoms with Gasteiger partial charge in [-0.25, -0.2) is 0 Å². The molecule has 3 saturated heterocycles. The maximum absolute atomic E-state index is 14.7. The molecule has 234 valence electrons. The molecule has 3 aliphatic heterocycles. The first-order valence-corrected chi connectivity index (χ1v) is 15.7. The highest BCUT2D eigenvalue weighted by molar-refractivity contribution is 6.30. The maximum Gasteiger partial charge on any atom is 0.253 e. The Morgan fingerprint density at radius 1 is 1.07 bits per heavy atom. The van der Waals surface area contributed by atoms with Crippen molar-refractivity contribution in [2.45, 2.75) is 56.9 Å². The summed E-state index contributed by atoms with van der Waals surface area (Å²) in [5.74, 6) is -2.39. The number of aliphatic hydroxyl groups is 1. The maximum atomic E-state index is 14.7. The zero-order valence-corrected chi connectivity index (χ0v) is 26.3. The standard InChI is InChI=1S/C35H42ClN3O5/c1-5-18-37(23-25-12-8-7-9-13-25)31(41)28-29-32(42)39(20-10-11-21-40)30(35(29)22-24(3)34(28,4)44-35)33(43)38(19-6-2)27-16-14-26(36)15-17-27/h5-9,12-17,24,28-30,40H,1-2,10-11,18-23H2,3-4H3/t24?,28-,29+,30?,34+,35?/m1/s1. The zero-order chi connectivity index (χ0) is 31.6. The summed E-state index contributed by atoms with van der Waals surface area (Å²) in [6.07, 6.45) is 4.81. The van der Waals surface area contributed by atoms with Crippen LogP contribution in [0.1, 0.15) is 38.7 Å². The molecule has 3 unspecified atom stereocenters. The van der Waals surface area contributed by atoms with Crippen LogP contribution in [0, 0.1) is 17.8 Å². The lowest BCUT2D eigenvalue weighted by molar-refractivity contribution is -0.151. The first kappa shape index (κ1) is 31.9. The van der Waals surface area contributed by atoms with Crippen LogP contribution in [0.2, 0.25) is 5.02 Å². The molecule has 3 amide bonds. The minimum atomic E-state index is -1.18. The number of aliphatic hydroxyl groups excluding tert-OH is 1. The van der Waals surface area contributed by atoms with Gasteiger partial charge in [-0.3, -0.25) is 14.4 Å². The molecule has 3 aliphatic rings. The fraction of sp³-hybridized carbons (Fsp3) is 0.457. The number of carbonyl (C=O) groups is 3. The molecule has 0 radical (unpaired) electrons. The van der Waals surface area contributed by atoms with E-state index in [-0.39, 0.29) is 43.3 Å². The number of ether oxygens (including phenoxy) is 1. The number of halogens is 1. The zero-order valence-electron chi connectivity index (χ0n) is 25.5. The molecule has 9 heteroatoms. The smallest absolute Gasteiger partial charge is 0.253 e. The largest absolute Gasteiger partial charge is 0.396 e. The Balaban J connectivity index is 1.57. The first-order chi connectivity index (χ1) is 21.1. The number of hydrogen-bond donors (Lipinski definition) is 1. The number of likely N-dealkylation sites (tertiary alicyclic amines) is 1. The van der Waals surface area contributed by atoms with Crippen LogP contribution < -0.4 is 4.90 Å². The molecule has 5 rings (SSSR count). The number of rotatable bonds is 13. The van der Waals surface area contributed by atoms with Crippen molar-refractivity contribution in [3.8, 4) is 0 Å². The second-order valence-electron chi connectivity index (χ2n) is 12.4. The molecule has 1 spiro atoms. The van der Waals surface area contributed by atoms with Gasteiger partial charge >= 0.3 is 0 Å². The van der Waals surface area contributed by atoms with Gasteiger partial charge in [0.2, 0.25) is 11.8 Å². The number of hydrogen-bond acceptors (Lipinski definition) is 5. The molecule has 2 aromatic rings. The predicted octanol–water partition coefficient (Wildman–Crippen LogP) is 4.86. The highest BCUT2D eigenvalue weighted by Crippen LogP contribution is 2.65. The van der Waals surface area contributed by atoms with Crippen LogP contribution in [-0.4, -0.2) is 76.1 Å². The molecule has 3 heterocycles. The van der Waals surface area contributed by atoms with E-state index in [1.807, 2.05) is 44.2 Å². The van der Waals surface area contributed by atoms with E-state index in [0.29, 0.717) is 43.1 Å². The molecule has 44 heavy (non-hydrogen) atoms. The summed E-state index contributed by atoms with van der Waals surface area (Å²) in [5, 5.41) is 10.1. The Hall–Kier alpha value is -3.46. The van der Waals surface area contributed by atoms with E-state index in [1.54, 1.807) is 51.1 Å². The predicted molar refractivity (Wildman–Crippen MR) is 171 cm³/mol. The number of anilines is 1. The van der Waals surface area contributed by atoms with Gasteiger partial charge in [0.05, 0.1) is 17.4 Å². The summed E-state index contributed by atoms with van der Waals surface area (Å²) >= 11 is 6.15. The molecule has 0 aliphatic carbocycles. The van der Waals surface area contributed by atoms with Gasteiger partial charge in [-0.1, -0.05) is 61.0 Å². The molecule has 0 aromatic heterocycles. The van der Waals surface area contributed by atoms with Crippen molar-refractivity contribution in [1.82, 2.24) is 9.80 Å². The third-order valence-corrected chi connectivity index (χ3v) is 9.97. The lowest BCUT2D eigenvalue weighted by Gasteiger charge is -2.39. The minimum absolute atomic E-state index is 0.0225. The first-order valence-electron chi connectivity index (χ1n) is 15.4. The third kappa shape index (κ3) is 5.37. The van der Waals surface area contributed by atoms with E-state index in [1.165, 1.54) is 0 Å². The van der Waals surface area contributed by atoms with Gasteiger partial charge in [-0.2, -0.15) is 0 Å². The molecule has 2 bridgehead atoms. The normalized spacial score (nSPS) is 28.5. The van der Waals surface area contributed by atoms with Crippen molar-refractivity contribution in [2.24, 2.45) is 17.8 Å². The molecule has 1 N–H and O–H groups in total. The van der Waals surface area contributed by atoms with Crippen LogP contribution in [0.25, 0.3) is 0 Å². The van der Waals surface area contributed by atoms with Crippen LogP contribution >= 0.6 is 11.6 Å². The van der Waals surface area contributed by atoms with E-state index >= 15 is 0 Å². The van der Waals surface area contributed by atoms with Gasteiger partial charge in [0.1, 0.15) is 11.6 Å². The summed E-state index contributed by atoms with van der Waals surface area (Å²) in [4.78, 5) is 48.8. The van der Waals surface area contributed by atoms with Crippen LogP contribution in [-0.2, 0) is 25.7 Å². The van der Waals surface area contributed by atoms with Crippen molar-refractivity contribution in [3.05, 3.63) is 90.5 Å². The molecular formula is C35H42ClN3O5. The Bertz CT molecular complexity index is 1400. The Morgan fingerprint density at radius 2 is 1.75 bits per heavy atom. The fourth-order valence-electron chi connectivity index (χ4n) is 7.64. The highest BCUT2D eigenvalue weighted by Gasteiger charge is 2.80. The number of benzene rings is 2. The highest BCUT2D eigenvalue weighted by atomic mass is 35.5. The van der Waals surface area contributed by atoms with E-state index in [0.717, 1.165) is 5.56 Å². The summed E-state index contributed by atoms with van der Waals surface area (Å²) in [5.41, 5.74) is -0.520. The number of fused-ring (bicyclic) bond motifs is 1. The lowest BCUT2D eigenvalue weighted by Crippen LogP contribution is -2.57. The van der Waals surface area contributed by atoms with Crippen LogP contribution in [0.3, 0.4) is 0 Å². The van der Waals surface area contributed by atoms with Crippen LogP contribution in [0.15, 0.2) is 79.9 Å². The Labute approximate surface area is 264 Å². The molecular weight excluding hydrogens is 578 g/mol. The molecule has 6 atom stereocenters. The molecule has 0 saturated carbocycles. The Morgan fingerprint density at radius 3 is 2.39 bits per heavy atom. The van der Waals surface area contributed by atoms with Gasteiger partial charge < -0.3 is 24.5 Å². The average Bonchev–Trinajstić information content (AvgIpc) is 3.52. The van der Waals surface area contributed by atoms with E-state index < -0.39 is 29.1 Å². The minimum Gasteiger partial charge on any atom is -0.396 e. The number of amides is 3. The van der Waals surface area contributed by atoms with Crippen LogP contribution in [0.5, 0.6) is 0 Å². The van der Waals surface area contributed by atoms with Crippen LogP contribution in [0.4, 0.5) is 5.69 Å². The van der Waals surface area contributed by atoms with Crippen molar-refractivity contribution in [2.75, 3.05) is 31.1 Å². The summed E-state index contributed by atoms with van der Waals surface area (Å²) in [7, 11) is 0. The lowest BCUT2D eigenvalue weighted by atomic mass is 9.62.